The van der Waals surface area contributed by atoms with E-state index in [0.717, 1.165) is 38.0 Å². The Bertz CT molecular complexity index is 257. The van der Waals surface area contributed by atoms with Gasteiger partial charge in [0.15, 0.2) is 0 Å². The highest BCUT2D eigenvalue weighted by atomic mass is 17.2. The summed E-state index contributed by atoms with van der Waals surface area (Å²) >= 11 is 0. The highest BCUT2D eigenvalue weighted by Gasteiger charge is 2.28. The van der Waals surface area contributed by atoms with Crippen molar-refractivity contribution in [1.82, 2.24) is 0 Å². The van der Waals surface area contributed by atoms with Crippen LogP contribution < -0.4 is 0 Å². The van der Waals surface area contributed by atoms with Crippen molar-refractivity contribution in [1.29, 1.82) is 0 Å². The van der Waals surface area contributed by atoms with Gasteiger partial charge in [0, 0.05) is 0 Å². The van der Waals surface area contributed by atoms with E-state index in [4.69, 9.17) is 9.78 Å². The lowest BCUT2D eigenvalue weighted by Crippen LogP contribution is -2.25. The molecule has 3 nitrogen and oxygen atoms in total. The predicted molar refractivity (Wildman–Crippen MR) is 81.1 cm³/mol. The van der Waals surface area contributed by atoms with Crippen molar-refractivity contribution < 1.29 is 14.6 Å². The average molecular weight is 284 g/mol. The van der Waals surface area contributed by atoms with Gasteiger partial charge in [0.2, 0.25) is 0 Å². The maximum atomic E-state index is 12.0. The first-order chi connectivity index (χ1) is 9.71. The van der Waals surface area contributed by atoms with Crippen molar-refractivity contribution in [3.8, 4) is 0 Å². The van der Waals surface area contributed by atoms with Crippen molar-refractivity contribution in [2.45, 2.75) is 91.1 Å². The van der Waals surface area contributed by atoms with Crippen molar-refractivity contribution in [3.05, 3.63) is 0 Å². The zero-order valence-corrected chi connectivity index (χ0v) is 13.5. The number of rotatable bonds is 9. The molecule has 1 fully saturated rings. The molecule has 0 amide bonds. The molecule has 0 N–H and O–H groups in total. The summed E-state index contributed by atoms with van der Waals surface area (Å²) in [6.07, 6.45) is 11.2. The van der Waals surface area contributed by atoms with Crippen LogP contribution in [0.4, 0.5) is 0 Å². The second kappa shape index (κ2) is 10.2. The summed E-state index contributed by atoms with van der Waals surface area (Å²) in [5, 5.41) is 0. The van der Waals surface area contributed by atoms with Crippen molar-refractivity contribution >= 4 is 5.97 Å². The smallest absolute Gasteiger partial charge is 0.298 e. The van der Waals surface area contributed by atoms with Crippen LogP contribution in [-0.2, 0) is 14.6 Å². The lowest BCUT2D eigenvalue weighted by Gasteiger charge is -2.27. The fourth-order valence-electron chi connectivity index (χ4n) is 3.01. The lowest BCUT2D eigenvalue weighted by molar-refractivity contribution is -0.303. The Kier molecular flexibility index (Phi) is 8.92. The topological polar surface area (TPSA) is 35.5 Å². The summed E-state index contributed by atoms with van der Waals surface area (Å²) in [6.45, 7) is 6.42. The van der Waals surface area contributed by atoms with Gasteiger partial charge in [-0.25, -0.2) is 4.79 Å². The van der Waals surface area contributed by atoms with Gasteiger partial charge in [-0.15, -0.1) is 0 Å². The Hall–Kier alpha value is -0.570. The van der Waals surface area contributed by atoms with E-state index in [1.54, 1.807) is 0 Å². The standard InChI is InChI=1S/C17H32O3/c1-4-7-9-14-10-12-15(13-11-14)17(18)20-19-16(6-3)8-5-2/h14-16H,4-13H2,1-3H3. The summed E-state index contributed by atoms with van der Waals surface area (Å²) in [5.41, 5.74) is 0. The molecule has 1 rings (SSSR count). The third kappa shape index (κ3) is 6.25. The van der Waals surface area contributed by atoms with Crippen LogP contribution in [0.5, 0.6) is 0 Å². The predicted octanol–water partition coefficient (Wildman–Crippen LogP) is 5.04. The summed E-state index contributed by atoms with van der Waals surface area (Å²) < 4.78 is 0. The number of hydrogen-bond acceptors (Lipinski definition) is 3. The molecule has 1 aliphatic carbocycles. The summed E-state index contributed by atoms with van der Waals surface area (Å²) in [7, 11) is 0. The first-order valence-electron chi connectivity index (χ1n) is 8.58. The minimum atomic E-state index is -0.145. The Morgan fingerprint density at radius 1 is 1.10 bits per heavy atom. The average Bonchev–Trinajstić information content (AvgIpc) is 2.49. The van der Waals surface area contributed by atoms with Crippen molar-refractivity contribution in [2.24, 2.45) is 11.8 Å². The SMILES string of the molecule is CCCCC1CCC(C(=O)OOC(CC)CCC)CC1. The van der Waals surface area contributed by atoms with Gasteiger partial charge < -0.3 is 0 Å². The van der Waals surface area contributed by atoms with Crippen molar-refractivity contribution in [2.75, 3.05) is 0 Å². The van der Waals surface area contributed by atoms with Gasteiger partial charge in [0.05, 0.1) is 5.92 Å². The van der Waals surface area contributed by atoms with E-state index in [2.05, 4.69) is 20.8 Å². The lowest BCUT2D eigenvalue weighted by atomic mass is 9.80. The van der Waals surface area contributed by atoms with Crippen LogP contribution >= 0.6 is 0 Å². The third-order valence-corrected chi connectivity index (χ3v) is 4.48. The molecule has 0 aliphatic heterocycles. The van der Waals surface area contributed by atoms with E-state index >= 15 is 0 Å². The van der Waals surface area contributed by atoms with Crippen LogP contribution in [0.1, 0.15) is 85.0 Å². The van der Waals surface area contributed by atoms with Crippen LogP contribution in [0.2, 0.25) is 0 Å². The normalized spacial score (nSPS) is 24.4. The molecule has 0 aromatic carbocycles. The van der Waals surface area contributed by atoms with E-state index in [0.29, 0.717) is 0 Å². The van der Waals surface area contributed by atoms with Gasteiger partial charge in [-0.3, -0.25) is 4.89 Å². The monoisotopic (exact) mass is 284 g/mol. The molecule has 3 heteroatoms. The maximum Gasteiger partial charge on any atom is 0.345 e. The van der Waals surface area contributed by atoms with E-state index in [9.17, 15) is 4.79 Å². The molecule has 118 valence electrons. The van der Waals surface area contributed by atoms with Crippen LogP contribution in [-0.4, -0.2) is 12.1 Å². The molecule has 0 bridgehead atoms. The van der Waals surface area contributed by atoms with Gasteiger partial charge in [0.1, 0.15) is 6.10 Å². The highest BCUT2D eigenvalue weighted by molar-refractivity contribution is 5.71. The Labute approximate surface area is 124 Å². The molecule has 1 aliphatic rings. The fraction of sp³-hybridized carbons (Fsp3) is 0.941. The molecule has 0 aromatic heterocycles. The molecule has 1 saturated carbocycles. The van der Waals surface area contributed by atoms with Gasteiger partial charge >= 0.3 is 5.97 Å². The molecule has 1 atom stereocenters. The molecule has 20 heavy (non-hydrogen) atoms. The zero-order chi connectivity index (χ0) is 14.8. The third-order valence-electron chi connectivity index (χ3n) is 4.48. The molecule has 0 spiro atoms. The number of carbonyl (C=O) groups is 1. The van der Waals surface area contributed by atoms with Crippen LogP contribution in [0.25, 0.3) is 0 Å². The first kappa shape index (κ1) is 17.5. The Morgan fingerprint density at radius 3 is 2.35 bits per heavy atom. The largest absolute Gasteiger partial charge is 0.345 e. The zero-order valence-electron chi connectivity index (χ0n) is 13.5. The van der Waals surface area contributed by atoms with Crippen molar-refractivity contribution in [3.63, 3.8) is 0 Å². The summed E-state index contributed by atoms with van der Waals surface area (Å²) in [6, 6.07) is 0. The maximum absolute atomic E-state index is 12.0. The van der Waals surface area contributed by atoms with Crippen LogP contribution in [0.3, 0.4) is 0 Å². The highest BCUT2D eigenvalue weighted by Crippen LogP contribution is 2.32. The number of carbonyl (C=O) groups excluding carboxylic acids is 1. The second-order valence-electron chi connectivity index (χ2n) is 6.18. The first-order valence-corrected chi connectivity index (χ1v) is 8.58. The minimum Gasteiger partial charge on any atom is -0.298 e. The second-order valence-corrected chi connectivity index (χ2v) is 6.18. The molecule has 0 saturated heterocycles. The molecular formula is C17H32O3. The van der Waals surface area contributed by atoms with E-state index in [1.165, 1.54) is 32.1 Å². The molecule has 0 radical (unpaired) electrons. The quantitative estimate of drug-likeness (QED) is 0.439. The fourth-order valence-corrected chi connectivity index (χ4v) is 3.01. The van der Waals surface area contributed by atoms with E-state index in [1.807, 2.05) is 0 Å². The summed E-state index contributed by atoms with van der Waals surface area (Å²) in [4.78, 5) is 22.3. The minimum absolute atomic E-state index is 0.0600. The molecule has 0 heterocycles. The Morgan fingerprint density at radius 2 is 1.80 bits per heavy atom. The summed E-state index contributed by atoms with van der Waals surface area (Å²) in [5.74, 6) is 0.740. The Balaban J connectivity index is 2.21. The molecular weight excluding hydrogens is 252 g/mol. The van der Waals surface area contributed by atoms with Gasteiger partial charge in [-0.05, 0) is 44.4 Å². The van der Waals surface area contributed by atoms with E-state index < -0.39 is 0 Å². The van der Waals surface area contributed by atoms with Crippen LogP contribution in [0.15, 0.2) is 0 Å². The number of hydrogen-bond donors (Lipinski definition) is 0. The molecule has 0 aromatic rings. The van der Waals surface area contributed by atoms with Crippen LogP contribution in [0, 0.1) is 11.8 Å². The van der Waals surface area contributed by atoms with Gasteiger partial charge in [-0.1, -0.05) is 46.5 Å². The molecule has 1 unspecified atom stereocenters. The van der Waals surface area contributed by atoms with E-state index in [-0.39, 0.29) is 18.0 Å². The number of unbranched alkanes of at least 4 members (excludes halogenated alkanes) is 1. The van der Waals surface area contributed by atoms with Gasteiger partial charge in [0.25, 0.3) is 0 Å². The van der Waals surface area contributed by atoms with Gasteiger partial charge in [-0.2, -0.15) is 4.89 Å².